The summed E-state index contributed by atoms with van der Waals surface area (Å²) in [6.45, 7) is 4.30. The van der Waals surface area contributed by atoms with E-state index < -0.39 is 12.0 Å². The van der Waals surface area contributed by atoms with Gasteiger partial charge in [-0.1, -0.05) is 34.1 Å². The van der Waals surface area contributed by atoms with Gasteiger partial charge in [0.05, 0.1) is 10.6 Å². The molecule has 2 aromatic carbocycles. The molecule has 5 nitrogen and oxygen atoms in total. The van der Waals surface area contributed by atoms with Crippen molar-refractivity contribution in [3.63, 3.8) is 0 Å². The minimum Gasteiger partial charge on any atom is -0.489 e. The van der Waals surface area contributed by atoms with Crippen molar-refractivity contribution < 1.29 is 14.6 Å². The standard InChI is InChI=1S/C21H22Br2N2O3/c1-12(2)28-20-14(7-15(22)9-17(20)23)11-25-19(21(26)27)8-13-10-24-18-6-4-3-5-16(13)18/h3-7,9-10,12,19,24-25H,8,11H2,1-2H3,(H,26,27)/t19-/m1/s1. The second-order valence-electron chi connectivity index (χ2n) is 6.88. The van der Waals surface area contributed by atoms with Gasteiger partial charge in [-0.05, 0) is 53.5 Å². The van der Waals surface area contributed by atoms with E-state index in [2.05, 4.69) is 42.2 Å². The highest BCUT2D eigenvalue weighted by atomic mass is 79.9. The van der Waals surface area contributed by atoms with Crippen LogP contribution in [0, 0.1) is 0 Å². The number of carbonyl (C=O) groups is 1. The summed E-state index contributed by atoms with van der Waals surface area (Å²) in [6, 6.07) is 11.0. The number of para-hydroxylation sites is 1. The van der Waals surface area contributed by atoms with E-state index in [4.69, 9.17) is 4.74 Å². The van der Waals surface area contributed by atoms with Crippen LogP contribution in [-0.2, 0) is 17.8 Å². The molecule has 0 saturated heterocycles. The molecular formula is C21H22Br2N2O3. The zero-order chi connectivity index (χ0) is 20.3. The SMILES string of the molecule is CC(C)Oc1c(Br)cc(Br)cc1CN[C@H](Cc1c[nH]c2ccccc12)C(=O)O. The number of ether oxygens (including phenoxy) is 1. The van der Waals surface area contributed by atoms with Crippen molar-refractivity contribution in [3.8, 4) is 5.75 Å². The first kappa shape index (κ1) is 20.9. The van der Waals surface area contributed by atoms with Crippen LogP contribution in [0.4, 0.5) is 0 Å². The van der Waals surface area contributed by atoms with E-state index in [-0.39, 0.29) is 6.10 Å². The lowest BCUT2D eigenvalue weighted by Crippen LogP contribution is -2.38. The van der Waals surface area contributed by atoms with E-state index in [0.29, 0.717) is 13.0 Å². The van der Waals surface area contributed by atoms with Gasteiger partial charge in [0.1, 0.15) is 11.8 Å². The zero-order valence-corrected chi connectivity index (χ0v) is 18.8. The molecule has 0 aliphatic carbocycles. The van der Waals surface area contributed by atoms with Crippen LogP contribution >= 0.6 is 31.9 Å². The van der Waals surface area contributed by atoms with Gasteiger partial charge in [0, 0.05) is 40.1 Å². The molecule has 3 rings (SSSR count). The number of H-pyrrole nitrogens is 1. The van der Waals surface area contributed by atoms with E-state index in [1.54, 1.807) is 0 Å². The molecule has 1 atom stereocenters. The lowest BCUT2D eigenvalue weighted by molar-refractivity contribution is -0.139. The molecule has 148 valence electrons. The van der Waals surface area contributed by atoms with E-state index in [9.17, 15) is 9.90 Å². The summed E-state index contributed by atoms with van der Waals surface area (Å²) in [4.78, 5) is 15.1. The van der Waals surface area contributed by atoms with Crippen molar-refractivity contribution in [1.82, 2.24) is 10.3 Å². The third-order valence-electron chi connectivity index (χ3n) is 4.37. The van der Waals surface area contributed by atoms with Gasteiger partial charge in [-0.25, -0.2) is 0 Å². The number of aliphatic carboxylic acids is 1. The summed E-state index contributed by atoms with van der Waals surface area (Å²) in [5.41, 5.74) is 2.87. The van der Waals surface area contributed by atoms with Crippen LogP contribution in [0.1, 0.15) is 25.0 Å². The number of benzene rings is 2. The number of hydrogen-bond acceptors (Lipinski definition) is 3. The Kier molecular flexibility index (Phi) is 6.80. The minimum absolute atomic E-state index is 0.0118. The summed E-state index contributed by atoms with van der Waals surface area (Å²) < 4.78 is 7.66. The summed E-state index contributed by atoms with van der Waals surface area (Å²) in [5.74, 6) is -0.160. The van der Waals surface area contributed by atoms with Crippen LogP contribution < -0.4 is 10.1 Å². The van der Waals surface area contributed by atoms with E-state index >= 15 is 0 Å². The summed E-state index contributed by atoms with van der Waals surface area (Å²) in [6.07, 6.45) is 2.28. The molecule has 0 spiro atoms. The summed E-state index contributed by atoms with van der Waals surface area (Å²) >= 11 is 7.03. The topological polar surface area (TPSA) is 74.3 Å². The van der Waals surface area contributed by atoms with Crippen molar-refractivity contribution in [1.29, 1.82) is 0 Å². The predicted molar refractivity (Wildman–Crippen MR) is 118 cm³/mol. The number of fused-ring (bicyclic) bond motifs is 1. The fourth-order valence-corrected chi connectivity index (χ4v) is 4.52. The highest BCUT2D eigenvalue weighted by molar-refractivity contribution is 9.11. The second kappa shape index (κ2) is 9.11. The Balaban J connectivity index is 1.80. The number of rotatable bonds is 8. The third-order valence-corrected chi connectivity index (χ3v) is 5.42. The molecule has 7 heteroatoms. The molecule has 1 heterocycles. The number of aromatic nitrogens is 1. The summed E-state index contributed by atoms with van der Waals surface area (Å²) in [7, 11) is 0. The van der Waals surface area contributed by atoms with E-state index in [1.165, 1.54) is 0 Å². The van der Waals surface area contributed by atoms with Crippen LogP contribution in [0.25, 0.3) is 10.9 Å². The van der Waals surface area contributed by atoms with Crippen LogP contribution in [-0.4, -0.2) is 28.2 Å². The molecule has 0 aliphatic rings. The van der Waals surface area contributed by atoms with E-state index in [0.717, 1.165) is 36.7 Å². The molecule has 0 aliphatic heterocycles. The van der Waals surface area contributed by atoms with Crippen LogP contribution in [0.5, 0.6) is 5.75 Å². The van der Waals surface area contributed by atoms with Gasteiger partial charge in [-0.3, -0.25) is 10.1 Å². The first-order chi connectivity index (χ1) is 13.3. The number of carboxylic acid groups (broad SMARTS) is 1. The minimum atomic E-state index is -0.884. The lowest BCUT2D eigenvalue weighted by atomic mass is 10.0. The Hall–Kier alpha value is -1.83. The predicted octanol–water partition coefficient (Wildman–Crippen LogP) is 5.27. The fraction of sp³-hybridized carbons (Fsp3) is 0.286. The summed E-state index contributed by atoms with van der Waals surface area (Å²) in [5, 5.41) is 13.9. The van der Waals surface area contributed by atoms with Gasteiger partial charge >= 0.3 is 5.97 Å². The second-order valence-corrected chi connectivity index (χ2v) is 8.65. The van der Waals surface area contributed by atoms with Gasteiger partial charge in [-0.2, -0.15) is 0 Å². The van der Waals surface area contributed by atoms with Crippen LogP contribution in [0.3, 0.4) is 0 Å². The molecule has 28 heavy (non-hydrogen) atoms. The van der Waals surface area contributed by atoms with Crippen molar-refractivity contribution in [3.05, 3.63) is 62.7 Å². The van der Waals surface area contributed by atoms with Gasteiger partial charge < -0.3 is 14.8 Å². The van der Waals surface area contributed by atoms with Crippen molar-refractivity contribution in [2.24, 2.45) is 0 Å². The first-order valence-electron chi connectivity index (χ1n) is 9.01. The molecule has 3 aromatic rings. The Morgan fingerprint density at radius 1 is 1.21 bits per heavy atom. The van der Waals surface area contributed by atoms with Crippen LogP contribution in [0.2, 0.25) is 0 Å². The number of carboxylic acids is 1. The number of aromatic amines is 1. The molecule has 0 bridgehead atoms. The Bertz CT molecular complexity index is 985. The first-order valence-corrected chi connectivity index (χ1v) is 10.6. The zero-order valence-electron chi connectivity index (χ0n) is 15.6. The maximum atomic E-state index is 11.9. The molecule has 0 unspecified atom stereocenters. The van der Waals surface area contributed by atoms with Gasteiger partial charge in [0.2, 0.25) is 0 Å². The third kappa shape index (κ3) is 4.96. The highest BCUT2D eigenvalue weighted by Crippen LogP contribution is 2.34. The molecule has 1 aromatic heterocycles. The normalized spacial score (nSPS) is 12.5. The van der Waals surface area contributed by atoms with Crippen molar-refractivity contribution >= 4 is 48.7 Å². The monoisotopic (exact) mass is 508 g/mol. The van der Waals surface area contributed by atoms with E-state index in [1.807, 2.05) is 56.4 Å². The molecule has 3 N–H and O–H groups in total. The fourth-order valence-electron chi connectivity index (χ4n) is 3.11. The Morgan fingerprint density at radius 3 is 2.68 bits per heavy atom. The number of nitrogens with one attached hydrogen (secondary N) is 2. The van der Waals surface area contributed by atoms with Gasteiger partial charge in [-0.15, -0.1) is 0 Å². The van der Waals surface area contributed by atoms with Crippen LogP contribution in [0.15, 0.2) is 51.5 Å². The molecule has 0 saturated carbocycles. The lowest BCUT2D eigenvalue weighted by Gasteiger charge is -2.19. The Morgan fingerprint density at radius 2 is 1.96 bits per heavy atom. The average molecular weight is 510 g/mol. The molecule has 0 fully saturated rings. The average Bonchev–Trinajstić information content (AvgIpc) is 3.03. The van der Waals surface area contributed by atoms with Gasteiger partial charge in [0.15, 0.2) is 0 Å². The largest absolute Gasteiger partial charge is 0.489 e. The van der Waals surface area contributed by atoms with Crippen molar-refractivity contribution in [2.75, 3.05) is 0 Å². The number of hydrogen-bond donors (Lipinski definition) is 3. The quantitative estimate of drug-likeness (QED) is 0.387. The number of halogens is 2. The molecule has 0 amide bonds. The van der Waals surface area contributed by atoms with Gasteiger partial charge in [0.25, 0.3) is 0 Å². The Labute approximate surface area is 180 Å². The maximum absolute atomic E-state index is 11.9. The smallest absolute Gasteiger partial charge is 0.321 e. The molecular weight excluding hydrogens is 488 g/mol. The highest BCUT2D eigenvalue weighted by Gasteiger charge is 2.21. The maximum Gasteiger partial charge on any atom is 0.321 e. The molecule has 0 radical (unpaired) electrons. The van der Waals surface area contributed by atoms with Crippen molar-refractivity contribution in [2.45, 2.75) is 39.0 Å².